The second-order valence-electron chi connectivity index (χ2n) is 4.54. The highest BCUT2D eigenvalue weighted by Crippen LogP contribution is 2.25. The zero-order valence-electron chi connectivity index (χ0n) is 12.0. The van der Waals surface area contributed by atoms with Gasteiger partial charge in [-0.25, -0.2) is 0 Å². The third-order valence-corrected chi connectivity index (χ3v) is 2.61. The summed E-state index contributed by atoms with van der Waals surface area (Å²) in [4.78, 5) is 11.5. The molecule has 20 heavy (non-hydrogen) atoms. The monoisotopic (exact) mass is 278 g/mol. The standard InChI is InChI=1S/C15H22N2O3/c1-4-7-17-15(18)10-20-14-6-5-13(19-3)9-12(14)8-11(2)16/h4-6,9,11H,1,7-8,10,16H2,2-3H3,(H,17,18). The van der Waals surface area contributed by atoms with Crippen molar-refractivity contribution in [1.82, 2.24) is 5.32 Å². The van der Waals surface area contributed by atoms with Crippen LogP contribution < -0.4 is 20.5 Å². The van der Waals surface area contributed by atoms with Crippen LogP contribution in [0.1, 0.15) is 12.5 Å². The number of rotatable bonds is 8. The lowest BCUT2D eigenvalue weighted by atomic mass is 10.1. The van der Waals surface area contributed by atoms with Gasteiger partial charge in [-0.3, -0.25) is 4.79 Å². The molecule has 1 rings (SSSR count). The summed E-state index contributed by atoms with van der Waals surface area (Å²) in [5, 5.41) is 2.65. The summed E-state index contributed by atoms with van der Waals surface area (Å²) in [6.45, 7) is 5.84. The molecule has 1 atom stereocenters. The van der Waals surface area contributed by atoms with Crippen molar-refractivity contribution in [3.63, 3.8) is 0 Å². The molecule has 3 N–H and O–H groups in total. The zero-order valence-corrected chi connectivity index (χ0v) is 12.0. The predicted molar refractivity (Wildman–Crippen MR) is 79.0 cm³/mol. The van der Waals surface area contributed by atoms with Crippen LogP contribution in [0.2, 0.25) is 0 Å². The van der Waals surface area contributed by atoms with Crippen molar-refractivity contribution < 1.29 is 14.3 Å². The van der Waals surface area contributed by atoms with E-state index in [-0.39, 0.29) is 18.6 Å². The van der Waals surface area contributed by atoms with E-state index in [1.807, 2.05) is 13.0 Å². The molecule has 1 aromatic carbocycles. The molecular weight excluding hydrogens is 256 g/mol. The molecule has 1 amide bonds. The summed E-state index contributed by atoms with van der Waals surface area (Å²) in [7, 11) is 1.61. The maximum atomic E-state index is 11.5. The topological polar surface area (TPSA) is 73.6 Å². The molecule has 5 nitrogen and oxygen atoms in total. The number of nitrogens with one attached hydrogen (secondary N) is 1. The molecule has 0 aliphatic heterocycles. The molecule has 0 spiro atoms. The molecular formula is C15H22N2O3. The summed E-state index contributed by atoms with van der Waals surface area (Å²) in [5.74, 6) is 1.20. The molecule has 5 heteroatoms. The van der Waals surface area contributed by atoms with Crippen molar-refractivity contribution in [3.8, 4) is 11.5 Å². The minimum Gasteiger partial charge on any atom is -0.497 e. The second-order valence-corrected chi connectivity index (χ2v) is 4.54. The number of methoxy groups -OCH3 is 1. The van der Waals surface area contributed by atoms with Crippen molar-refractivity contribution >= 4 is 5.91 Å². The quantitative estimate of drug-likeness (QED) is 0.702. The lowest BCUT2D eigenvalue weighted by Gasteiger charge is -2.14. The summed E-state index contributed by atoms with van der Waals surface area (Å²) >= 11 is 0. The first kappa shape index (κ1) is 16.0. The molecule has 0 heterocycles. The molecule has 0 saturated carbocycles. The average Bonchev–Trinajstić information content (AvgIpc) is 2.42. The first-order valence-corrected chi connectivity index (χ1v) is 6.49. The Labute approximate surface area is 119 Å². The first-order chi connectivity index (χ1) is 9.56. The third kappa shape index (κ3) is 5.32. The summed E-state index contributed by atoms with van der Waals surface area (Å²) in [5.41, 5.74) is 6.75. The van der Waals surface area contributed by atoms with Gasteiger partial charge in [-0.2, -0.15) is 0 Å². The van der Waals surface area contributed by atoms with Gasteiger partial charge in [0.1, 0.15) is 11.5 Å². The average molecular weight is 278 g/mol. The Bertz CT molecular complexity index is 458. The predicted octanol–water partition coefficient (Wildman–Crippen LogP) is 1.27. The van der Waals surface area contributed by atoms with Crippen molar-refractivity contribution in [1.29, 1.82) is 0 Å². The van der Waals surface area contributed by atoms with E-state index in [9.17, 15) is 4.79 Å². The largest absolute Gasteiger partial charge is 0.497 e. The number of hydrogen-bond acceptors (Lipinski definition) is 4. The highest BCUT2D eigenvalue weighted by atomic mass is 16.5. The Balaban J connectivity index is 2.72. The van der Waals surface area contributed by atoms with E-state index in [0.717, 1.165) is 11.3 Å². The van der Waals surface area contributed by atoms with Crippen LogP contribution in [0.25, 0.3) is 0 Å². The van der Waals surface area contributed by atoms with Gasteiger partial charge in [-0.15, -0.1) is 6.58 Å². The Morgan fingerprint density at radius 2 is 2.30 bits per heavy atom. The van der Waals surface area contributed by atoms with Crippen LogP contribution in [0.15, 0.2) is 30.9 Å². The van der Waals surface area contributed by atoms with Gasteiger partial charge in [-0.05, 0) is 37.1 Å². The Hall–Kier alpha value is -2.01. The number of hydrogen-bond donors (Lipinski definition) is 2. The van der Waals surface area contributed by atoms with Gasteiger partial charge in [0, 0.05) is 12.6 Å². The van der Waals surface area contributed by atoms with Crippen molar-refractivity contribution in [2.24, 2.45) is 5.73 Å². The first-order valence-electron chi connectivity index (χ1n) is 6.49. The van der Waals surface area contributed by atoms with E-state index in [2.05, 4.69) is 11.9 Å². The number of carbonyl (C=O) groups is 1. The van der Waals surface area contributed by atoms with Gasteiger partial charge in [-0.1, -0.05) is 6.08 Å². The Morgan fingerprint density at radius 3 is 2.90 bits per heavy atom. The maximum Gasteiger partial charge on any atom is 0.258 e. The van der Waals surface area contributed by atoms with Crippen LogP contribution in [-0.4, -0.2) is 32.2 Å². The molecule has 0 aromatic heterocycles. The van der Waals surface area contributed by atoms with Crippen LogP contribution in [0, 0.1) is 0 Å². The number of carbonyl (C=O) groups excluding carboxylic acids is 1. The molecule has 0 radical (unpaired) electrons. The van der Waals surface area contributed by atoms with Crippen LogP contribution in [0.3, 0.4) is 0 Å². The molecule has 110 valence electrons. The Morgan fingerprint density at radius 1 is 1.55 bits per heavy atom. The number of nitrogens with two attached hydrogens (primary N) is 1. The van der Waals surface area contributed by atoms with E-state index in [4.69, 9.17) is 15.2 Å². The summed E-state index contributed by atoms with van der Waals surface area (Å²) in [6, 6.07) is 5.46. The van der Waals surface area contributed by atoms with E-state index >= 15 is 0 Å². The molecule has 0 saturated heterocycles. The fourth-order valence-electron chi connectivity index (χ4n) is 1.71. The minimum atomic E-state index is -0.188. The van der Waals surface area contributed by atoms with Crippen LogP contribution in [0.5, 0.6) is 11.5 Å². The van der Waals surface area contributed by atoms with Crippen LogP contribution in [0.4, 0.5) is 0 Å². The smallest absolute Gasteiger partial charge is 0.258 e. The second kappa shape index (κ2) is 8.22. The highest BCUT2D eigenvalue weighted by molar-refractivity contribution is 5.77. The molecule has 0 fully saturated rings. The number of amides is 1. The lowest BCUT2D eigenvalue weighted by molar-refractivity contribution is -0.122. The lowest BCUT2D eigenvalue weighted by Crippen LogP contribution is -2.29. The summed E-state index contributed by atoms with van der Waals surface area (Å²) in [6.07, 6.45) is 2.27. The third-order valence-electron chi connectivity index (χ3n) is 2.61. The molecule has 1 aromatic rings. The minimum absolute atomic E-state index is 0.000881. The van der Waals surface area contributed by atoms with Gasteiger partial charge >= 0.3 is 0 Å². The molecule has 1 unspecified atom stereocenters. The number of benzene rings is 1. The van der Waals surface area contributed by atoms with Gasteiger partial charge in [0.15, 0.2) is 6.61 Å². The fourth-order valence-corrected chi connectivity index (χ4v) is 1.71. The van der Waals surface area contributed by atoms with Crippen molar-refractivity contribution in [2.45, 2.75) is 19.4 Å². The van der Waals surface area contributed by atoms with Gasteiger partial charge in [0.2, 0.25) is 0 Å². The van der Waals surface area contributed by atoms with Crippen LogP contribution >= 0.6 is 0 Å². The molecule has 0 aliphatic rings. The van der Waals surface area contributed by atoms with Crippen molar-refractivity contribution in [2.75, 3.05) is 20.3 Å². The normalized spacial score (nSPS) is 11.6. The number of ether oxygens (including phenoxy) is 2. The van der Waals surface area contributed by atoms with E-state index in [1.54, 1.807) is 25.3 Å². The highest BCUT2D eigenvalue weighted by Gasteiger charge is 2.10. The van der Waals surface area contributed by atoms with Gasteiger partial charge < -0.3 is 20.5 Å². The van der Waals surface area contributed by atoms with E-state index in [0.29, 0.717) is 18.7 Å². The van der Waals surface area contributed by atoms with E-state index in [1.165, 1.54) is 0 Å². The fraction of sp³-hybridized carbons (Fsp3) is 0.400. The molecule has 0 aliphatic carbocycles. The van der Waals surface area contributed by atoms with Crippen LogP contribution in [-0.2, 0) is 11.2 Å². The van der Waals surface area contributed by atoms with Gasteiger partial charge in [0.05, 0.1) is 7.11 Å². The Kier molecular flexibility index (Phi) is 6.59. The molecule has 0 bridgehead atoms. The SMILES string of the molecule is C=CCNC(=O)COc1ccc(OC)cc1CC(C)N. The zero-order chi connectivity index (χ0) is 15.0. The van der Waals surface area contributed by atoms with Crippen molar-refractivity contribution in [3.05, 3.63) is 36.4 Å². The summed E-state index contributed by atoms with van der Waals surface area (Å²) < 4.78 is 10.7. The maximum absolute atomic E-state index is 11.5. The van der Waals surface area contributed by atoms with Gasteiger partial charge in [0.25, 0.3) is 5.91 Å². The van der Waals surface area contributed by atoms with E-state index < -0.39 is 0 Å².